The van der Waals surface area contributed by atoms with Crippen LogP contribution in [0.4, 0.5) is 8.78 Å². The van der Waals surface area contributed by atoms with Crippen LogP contribution < -0.4 is 0 Å². The van der Waals surface area contributed by atoms with Gasteiger partial charge in [-0.25, -0.2) is 0 Å². The first-order valence-electron chi connectivity index (χ1n) is 4.63. The van der Waals surface area contributed by atoms with Crippen molar-refractivity contribution in [1.82, 2.24) is 9.78 Å². The second kappa shape index (κ2) is 4.58. The maximum absolute atomic E-state index is 13.0. The van der Waals surface area contributed by atoms with E-state index in [2.05, 4.69) is 21.0 Å². The summed E-state index contributed by atoms with van der Waals surface area (Å²) in [6, 6.07) is 0. The largest absolute Gasteiger partial charge is 0.381 e. The smallest absolute Gasteiger partial charge is 0.330 e. The van der Waals surface area contributed by atoms with E-state index in [0.29, 0.717) is 5.69 Å². The molecule has 0 radical (unpaired) electrons. The van der Waals surface area contributed by atoms with Crippen LogP contribution in [0, 0.1) is 0 Å². The highest BCUT2D eigenvalue weighted by molar-refractivity contribution is 9.10. The Morgan fingerprint density at radius 2 is 2.00 bits per heavy atom. The van der Waals surface area contributed by atoms with Crippen LogP contribution in [0.3, 0.4) is 0 Å². The Kier molecular flexibility index (Phi) is 3.97. The molecule has 1 unspecified atom stereocenters. The standard InChI is InChI=1S/C9H12BrClF2N2O/c1-4(2)6-5(7(16)9(10,12)13)8(11)15(3)14-6/h4,7,16H,1-3H3. The predicted molar refractivity (Wildman–Crippen MR) is 61.1 cm³/mol. The molecule has 1 N–H and O–H groups in total. The number of nitrogens with zero attached hydrogens (tertiary/aromatic N) is 2. The average molecular weight is 318 g/mol. The number of alkyl halides is 3. The van der Waals surface area contributed by atoms with E-state index in [9.17, 15) is 13.9 Å². The predicted octanol–water partition coefficient (Wildman–Crippen LogP) is 3.22. The van der Waals surface area contributed by atoms with E-state index in [1.54, 1.807) is 13.8 Å². The fourth-order valence-corrected chi connectivity index (χ4v) is 1.85. The molecule has 0 saturated heterocycles. The molecular formula is C9H12BrClF2N2O. The highest BCUT2D eigenvalue weighted by atomic mass is 79.9. The van der Waals surface area contributed by atoms with Crippen LogP contribution in [-0.4, -0.2) is 19.7 Å². The molecule has 1 atom stereocenters. The summed E-state index contributed by atoms with van der Waals surface area (Å²) in [7, 11) is 1.54. The first kappa shape index (κ1) is 13.9. The van der Waals surface area contributed by atoms with Gasteiger partial charge in [-0.2, -0.15) is 13.9 Å². The lowest BCUT2D eigenvalue weighted by Crippen LogP contribution is -2.19. The Bertz CT molecular complexity index is 390. The summed E-state index contributed by atoms with van der Waals surface area (Å²) >= 11 is 7.97. The first-order valence-corrected chi connectivity index (χ1v) is 5.80. The number of aliphatic hydroxyl groups is 1. The van der Waals surface area contributed by atoms with Gasteiger partial charge in [-0.15, -0.1) is 0 Å². The molecule has 1 aromatic heterocycles. The van der Waals surface area contributed by atoms with Gasteiger partial charge in [-0.05, 0) is 21.8 Å². The number of hydrogen-bond donors (Lipinski definition) is 1. The molecule has 1 heterocycles. The molecule has 0 bridgehead atoms. The Morgan fingerprint density at radius 1 is 1.50 bits per heavy atom. The van der Waals surface area contributed by atoms with Gasteiger partial charge in [0, 0.05) is 12.6 Å². The Balaban J connectivity index is 3.31. The van der Waals surface area contributed by atoms with Crippen LogP contribution in [0.25, 0.3) is 0 Å². The third kappa shape index (κ3) is 2.55. The molecule has 0 aliphatic carbocycles. The minimum absolute atomic E-state index is 0.0234. The fourth-order valence-electron chi connectivity index (χ4n) is 1.38. The zero-order valence-corrected chi connectivity index (χ0v) is 11.4. The lowest BCUT2D eigenvalue weighted by molar-refractivity contribution is -0.0299. The van der Waals surface area contributed by atoms with E-state index in [1.165, 1.54) is 11.7 Å². The Hall–Kier alpha value is -0.200. The minimum atomic E-state index is -3.43. The van der Waals surface area contributed by atoms with Crippen LogP contribution >= 0.6 is 27.5 Å². The van der Waals surface area contributed by atoms with Crippen LogP contribution in [0.1, 0.15) is 37.1 Å². The van der Waals surface area contributed by atoms with Gasteiger partial charge in [0.2, 0.25) is 0 Å². The maximum Gasteiger partial charge on any atom is 0.330 e. The summed E-state index contributed by atoms with van der Waals surface area (Å²) < 4.78 is 27.3. The van der Waals surface area contributed by atoms with Crippen LogP contribution in [0.5, 0.6) is 0 Å². The molecule has 1 rings (SSSR count). The normalized spacial score (nSPS) is 14.6. The summed E-state index contributed by atoms with van der Waals surface area (Å²) in [4.78, 5) is -3.43. The quantitative estimate of drug-likeness (QED) is 0.869. The average Bonchev–Trinajstić information content (AvgIpc) is 2.41. The Morgan fingerprint density at radius 3 is 2.38 bits per heavy atom. The van der Waals surface area contributed by atoms with Crippen molar-refractivity contribution in [3.8, 4) is 0 Å². The fraction of sp³-hybridized carbons (Fsp3) is 0.667. The Labute approximate surface area is 106 Å². The van der Waals surface area contributed by atoms with E-state index < -0.39 is 10.9 Å². The van der Waals surface area contributed by atoms with Crippen molar-refractivity contribution in [3.63, 3.8) is 0 Å². The number of aromatic nitrogens is 2. The molecule has 0 aromatic carbocycles. The molecule has 0 amide bonds. The van der Waals surface area contributed by atoms with Gasteiger partial charge in [-0.3, -0.25) is 4.68 Å². The van der Waals surface area contributed by atoms with Crippen molar-refractivity contribution in [3.05, 3.63) is 16.4 Å². The maximum atomic E-state index is 13.0. The number of rotatable bonds is 3. The summed E-state index contributed by atoms with van der Waals surface area (Å²) in [6.45, 7) is 3.59. The third-order valence-electron chi connectivity index (χ3n) is 2.17. The van der Waals surface area contributed by atoms with Gasteiger partial charge in [0.15, 0.2) is 6.10 Å². The van der Waals surface area contributed by atoms with E-state index >= 15 is 0 Å². The first-order chi connectivity index (χ1) is 7.16. The van der Waals surface area contributed by atoms with E-state index in [4.69, 9.17) is 11.6 Å². The molecule has 0 spiro atoms. The second-order valence-electron chi connectivity index (χ2n) is 3.81. The molecule has 0 fully saturated rings. The van der Waals surface area contributed by atoms with Gasteiger partial charge in [0.05, 0.1) is 5.69 Å². The highest BCUT2D eigenvalue weighted by Gasteiger charge is 2.40. The van der Waals surface area contributed by atoms with Crippen molar-refractivity contribution in [1.29, 1.82) is 0 Å². The number of aryl methyl sites for hydroxylation is 1. The molecule has 0 saturated carbocycles. The topological polar surface area (TPSA) is 38.0 Å². The molecular weight excluding hydrogens is 305 g/mol. The van der Waals surface area contributed by atoms with Gasteiger partial charge < -0.3 is 5.11 Å². The molecule has 0 aliphatic heterocycles. The zero-order chi connectivity index (χ0) is 12.7. The van der Waals surface area contributed by atoms with Crippen molar-refractivity contribution in [2.75, 3.05) is 0 Å². The van der Waals surface area contributed by atoms with Gasteiger partial charge >= 0.3 is 4.83 Å². The highest BCUT2D eigenvalue weighted by Crippen LogP contribution is 2.42. The summed E-state index contributed by atoms with van der Waals surface area (Å²) in [6.07, 6.45) is -2.01. The SMILES string of the molecule is CC(C)c1nn(C)c(Cl)c1C(O)C(F)(F)Br. The van der Waals surface area contributed by atoms with Crippen LogP contribution in [-0.2, 0) is 7.05 Å². The van der Waals surface area contributed by atoms with Crippen LogP contribution in [0.15, 0.2) is 0 Å². The van der Waals surface area contributed by atoms with E-state index in [-0.39, 0.29) is 16.6 Å². The monoisotopic (exact) mass is 316 g/mol. The molecule has 3 nitrogen and oxygen atoms in total. The molecule has 16 heavy (non-hydrogen) atoms. The molecule has 0 aliphatic rings. The zero-order valence-electron chi connectivity index (χ0n) is 9.01. The minimum Gasteiger partial charge on any atom is -0.381 e. The number of aliphatic hydroxyl groups excluding tert-OH is 1. The summed E-state index contributed by atoms with van der Waals surface area (Å²) in [5.74, 6) is -0.0989. The van der Waals surface area contributed by atoms with E-state index in [1.807, 2.05) is 0 Å². The van der Waals surface area contributed by atoms with Gasteiger partial charge in [0.1, 0.15) is 5.15 Å². The second-order valence-corrected chi connectivity index (χ2v) is 5.23. The van der Waals surface area contributed by atoms with Gasteiger partial charge in [0.25, 0.3) is 0 Å². The molecule has 1 aromatic rings. The van der Waals surface area contributed by atoms with Crippen molar-refractivity contribution >= 4 is 27.5 Å². The van der Waals surface area contributed by atoms with Crippen molar-refractivity contribution in [2.24, 2.45) is 7.05 Å². The van der Waals surface area contributed by atoms with E-state index in [0.717, 1.165) is 0 Å². The van der Waals surface area contributed by atoms with Gasteiger partial charge in [-0.1, -0.05) is 25.4 Å². The van der Waals surface area contributed by atoms with Crippen LogP contribution in [0.2, 0.25) is 5.15 Å². The molecule has 7 heteroatoms. The summed E-state index contributed by atoms with van der Waals surface area (Å²) in [5, 5.41) is 13.6. The summed E-state index contributed by atoms with van der Waals surface area (Å²) in [5.41, 5.74) is 0.347. The lowest BCUT2D eigenvalue weighted by atomic mass is 10.0. The lowest BCUT2D eigenvalue weighted by Gasteiger charge is -2.17. The number of hydrogen-bond acceptors (Lipinski definition) is 2. The molecule has 92 valence electrons. The van der Waals surface area contributed by atoms with Crippen molar-refractivity contribution < 1.29 is 13.9 Å². The van der Waals surface area contributed by atoms with Crippen molar-refractivity contribution in [2.45, 2.75) is 30.7 Å². The third-order valence-corrected chi connectivity index (χ3v) is 3.05. The number of halogens is 4.